The lowest BCUT2D eigenvalue weighted by atomic mass is 10.1. The molecule has 0 atom stereocenters. The topological polar surface area (TPSA) is 72.0 Å². The van der Waals surface area contributed by atoms with E-state index >= 15 is 0 Å². The molecule has 0 bridgehead atoms. The van der Waals surface area contributed by atoms with Crippen molar-refractivity contribution in [1.82, 2.24) is 9.97 Å². The molecule has 21 heavy (non-hydrogen) atoms. The number of carbonyl (C=O) groups is 2. The maximum atomic E-state index is 12.2. The number of hydrogen-bond acceptors (Lipinski definition) is 4. The van der Waals surface area contributed by atoms with E-state index in [0.29, 0.717) is 22.3 Å². The number of nitrogens with zero attached hydrogens (tertiary/aromatic N) is 2. The highest BCUT2D eigenvalue weighted by atomic mass is 16.1. The van der Waals surface area contributed by atoms with Gasteiger partial charge in [0.05, 0.1) is 11.0 Å². The summed E-state index contributed by atoms with van der Waals surface area (Å²) >= 11 is 0. The second-order valence-electron chi connectivity index (χ2n) is 4.46. The monoisotopic (exact) mass is 277 g/mol. The van der Waals surface area contributed by atoms with Crippen LogP contribution in [0.1, 0.15) is 20.7 Å². The molecule has 0 fully saturated rings. The first-order valence-corrected chi connectivity index (χ1v) is 6.33. The lowest BCUT2D eigenvalue weighted by Gasteiger charge is -2.06. The highest BCUT2D eigenvalue weighted by Gasteiger charge is 2.08. The van der Waals surface area contributed by atoms with Crippen molar-refractivity contribution < 1.29 is 9.59 Å². The summed E-state index contributed by atoms with van der Waals surface area (Å²) in [5.41, 5.74) is 2.96. The van der Waals surface area contributed by atoms with Crippen LogP contribution in [-0.4, -0.2) is 22.2 Å². The van der Waals surface area contributed by atoms with Crippen LogP contribution < -0.4 is 5.32 Å². The van der Waals surface area contributed by atoms with Crippen molar-refractivity contribution in [3.63, 3.8) is 0 Å². The summed E-state index contributed by atoms with van der Waals surface area (Å²) in [6, 6.07) is 11.9. The molecule has 1 heterocycles. The Morgan fingerprint density at radius 2 is 1.81 bits per heavy atom. The zero-order chi connectivity index (χ0) is 14.7. The van der Waals surface area contributed by atoms with E-state index in [0.717, 1.165) is 11.8 Å². The van der Waals surface area contributed by atoms with E-state index in [9.17, 15) is 9.59 Å². The first-order valence-electron chi connectivity index (χ1n) is 6.33. The van der Waals surface area contributed by atoms with E-state index in [1.165, 1.54) is 0 Å². The number of carbonyl (C=O) groups excluding carboxylic acids is 2. The summed E-state index contributed by atoms with van der Waals surface area (Å²) in [5.74, 6) is -0.259. The van der Waals surface area contributed by atoms with Gasteiger partial charge in [0.1, 0.15) is 6.29 Å². The number of benzene rings is 2. The Labute approximate surface area is 120 Å². The Morgan fingerprint density at radius 3 is 2.62 bits per heavy atom. The largest absolute Gasteiger partial charge is 0.322 e. The highest BCUT2D eigenvalue weighted by molar-refractivity contribution is 6.06. The zero-order valence-corrected chi connectivity index (χ0v) is 11.0. The molecular formula is C16H11N3O2. The van der Waals surface area contributed by atoms with Crippen molar-refractivity contribution in [1.29, 1.82) is 0 Å². The van der Waals surface area contributed by atoms with Crippen LogP contribution in [0.4, 0.5) is 5.69 Å². The molecular weight excluding hydrogens is 266 g/mol. The van der Waals surface area contributed by atoms with Crippen LogP contribution >= 0.6 is 0 Å². The first kappa shape index (κ1) is 12.9. The molecule has 0 saturated heterocycles. The third-order valence-electron chi connectivity index (χ3n) is 3.01. The van der Waals surface area contributed by atoms with Crippen LogP contribution in [0.5, 0.6) is 0 Å². The van der Waals surface area contributed by atoms with E-state index in [4.69, 9.17) is 0 Å². The predicted molar refractivity (Wildman–Crippen MR) is 79.3 cm³/mol. The van der Waals surface area contributed by atoms with Crippen LogP contribution in [0.3, 0.4) is 0 Å². The van der Waals surface area contributed by atoms with E-state index in [1.54, 1.807) is 54.9 Å². The number of aldehydes is 1. The Morgan fingerprint density at radius 1 is 1.00 bits per heavy atom. The summed E-state index contributed by atoms with van der Waals surface area (Å²) in [6.07, 6.45) is 3.92. The van der Waals surface area contributed by atoms with Crippen LogP contribution in [0.2, 0.25) is 0 Å². The van der Waals surface area contributed by atoms with Gasteiger partial charge in [0.25, 0.3) is 5.91 Å². The molecule has 0 unspecified atom stereocenters. The summed E-state index contributed by atoms with van der Waals surface area (Å²) in [4.78, 5) is 31.3. The fourth-order valence-corrected chi connectivity index (χ4v) is 2.00. The Bertz CT molecular complexity index is 830. The summed E-state index contributed by atoms with van der Waals surface area (Å²) in [5, 5.41) is 2.75. The predicted octanol–water partition coefficient (Wildman–Crippen LogP) is 2.69. The molecule has 3 aromatic rings. The van der Waals surface area contributed by atoms with Crippen LogP contribution in [0.15, 0.2) is 54.9 Å². The molecule has 102 valence electrons. The van der Waals surface area contributed by atoms with E-state index in [-0.39, 0.29) is 5.91 Å². The van der Waals surface area contributed by atoms with Gasteiger partial charge in [0, 0.05) is 29.2 Å². The smallest absolute Gasteiger partial charge is 0.255 e. The SMILES string of the molecule is O=Cc1cccc(NC(=O)c2ccc3nccnc3c2)c1. The second kappa shape index (κ2) is 5.50. The number of nitrogens with one attached hydrogen (secondary N) is 1. The quantitative estimate of drug-likeness (QED) is 0.747. The Hall–Kier alpha value is -3.08. The van der Waals surface area contributed by atoms with E-state index in [1.807, 2.05) is 0 Å². The molecule has 0 aliphatic rings. The van der Waals surface area contributed by atoms with Crippen LogP contribution in [0, 0.1) is 0 Å². The van der Waals surface area contributed by atoms with Gasteiger partial charge >= 0.3 is 0 Å². The van der Waals surface area contributed by atoms with E-state index in [2.05, 4.69) is 15.3 Å². The molecule has 5 nitrogen and oxygen atoms in total. The third kappa shape index (κ3) is 2.76. The number of aromatic nitrogens is 2. The molecule has 0 spiro atoms. The van der Waals surface area contributed by atoms with Gasteiger partial charge in [0.15, 0.2) is 0 Å². The molecule has 0 aliphatic heterocycles. The molecule has 0 radical (unpaired) electrons. The lowest BCUT2D eigenvalue weighted by Crippen LogP contribution is -2.12. The van der Waals surface area contributed by atoms with Crippen LogP contribution in [-0.2, 0) is 0 Å². The van der Waals surface area contributed by atoms with Gasteiger partial charge in [0.2, 0.25) is 0 Å². The first-order chi connectivity index (χ1) is 10.3. The lowest BCUT2D eigenvalue weighted by molar-refractivity contribution is 0.102. The number of anilines is 1. The Balaban J connectivity index is 1.87. The number of amides is 1. The average Bonchev–Trinajstić information content (AvgIpc) is 2.54. The van der Waals surface area contributed by atoms with E-state index < -0.39 is 0 Å². The third-order valence-corrected chi connectivity index (χ3v) is 3.01. The van der Waals surface area contributed by atoms with Crippen molar-refractivity contribution in [2.24, 2.45) is 0 Å². The normalized spacial score (nSPS) is 10.3. The number of rotatable bonds is 3. The maximum absolute atomic E-state index is 12.2. The van der Waals surface area contributed by atoms with Gasteiger partial charge < -0.3 is 5.32 Å². The second-order valence-corrected chi connectivity index (χ2v) is 4.46. The van der Waals surface area contributed by atoms with Crippen molar-refractivity contribution in [3.05, 3.63) is 66.0 Å². The van der Waals surface area contributed by atoms with Gasteiger partial charge in [-0.2, -0.15) is 0 Å². The number of hydrogen-bond donors (Lipinski definition) is 1. The van der Waals surface area contributed by atoms with Gasteiger partial charge in [-0.1, -0.05) is 12.1 Å². The van der Waals surface area contributed by atoms with Gasteiger partial charge in [-0.05, 0) is 30.3 Å². The summed E-state index contributed by atoms with van der Waals surface area (Å²) in [6.45, 7) is 0. The fraction of sp³-hybridized carbons (Fsp3) is 0. The molecule has 0 saturated carbocycles. The molecule has 1 aromatic heterocycles. The average molecular weight is 277 g/mol. The van der Waals surface area contributed by atoms with Crippen molar-refractivity contribution >= 4 is 28.9 Å². The Kier molecular flexibility index (Phi) is 3.39. The summed E-state index contributed by atoms with van der Waals surface area (Å²) in [7, 11) is 0. The van der Waals surface area contributed by atoms with Crippen molar-refractivity contribution in [3.8, 4) is 0 Å². The van der Waals surface area contributed by atoms with Gasteiger partial charge in [-0.3, -0.25) is 19.6 Å². The standard InChI is InChI=1S/C16H11N3O2/c20-10-11-2-1-3-13(8-11)19-16(21)12-4-5-14-15(9-12)18-7-6-17-14/h1-10H,(H,19,21). The minimum Gasteiger partial charge on any atom is -0.322 e. The molecule has 5 heteroatoms. The maximum Gasteiger partial charge on any atom is 0.255 e. The minimum atomic E-state index is -0.259. The number of fused-ring (bicyclic) bond motifs is 1. The van der Waals surface area contributed by atoms with Gasteiger partial charge in [-0.15, -0.1) is 0 Å². The highest BCUT2D eigenvalue weighted by Crippen LogP contribution is 2.14. The zero-order valence-electron chi connectivity index (χ0n) is 11.0. The van der Waals surface area contributed by atoms with Crippen LogP contribution in [0.25, 0.3) is 11.0 Å². The minimum absolute atomic E-state index is 0.259. The van der Waals surface area contributed by atoms with Crippen molar-refractivity contribution in [2.45, 2.75) is 0 Å². The molecule has 1 amide bonds. The molecule has 1 N–H and O–H groups in total. The summed E-state index contributed by atoms with van der Waals surface area (Å²) < 4.78 is 0. The molecule has 2 aromatic carbocycles. The molecule has 3 rings (SSSR count). The fourth-order valence-electron chi connectivity index (χ4n) is 2.00. The molecule has 0 aliphatic carbocycles. The van der Waals surface area contributed by atoms with Gasteiger partial charge in [-0.25, -0.2) is 0 Å². The van der Waals surface area contributed by atoms with Crippen molar-refractivity contribution in [2.75, 3.05) is 5.32 Å².